The lowest BCUT2D eigenvalue weighted by molar-refractivity contribution is -0.141. The van der Waals surface area contributed by atoms with Crippen molar-refractivity contribution in [2.24, 2.45) is 0 Å². The van der Waals surface area contributed by atoms with E-state index >= 15 is 0 Å². The lowest BCUT2D eigenvalue weighted by Gasteiger charge is -2.20. The first-order valence-corrected chi connectivity index (χ1v) is 6.60. The van der Waals surface area contributed by atoms with Crippen LogP contribution in [0.4, 0.5) is 9.93 Å². The van der Waals surface area contributed by atoms with Gasteiger partial charge in [0.15, 0.2) is 5.13 Å². The van der Waals surface area contributed by atoms with Gasteiger partial charge in [-0.2, -0.15) is 0 Å². The largest absolute Gasteiger partial charge is 0.480 e. The van der Waals surface area contributed by atoms with Crippen LogP contribution in [0.25, 0.3) is 0 Å². The van der Waals surface area contributed by atoms with E-state index in [1.165, 1.54) is 16.2 Å². The number of amides is 2. The molecular weight excluding hydrogens is 310 g/mol. The van der Waals surface area contributed by atoms with Crippen molar-refractivity contribution >= 4 is 44.4 Å². The predicted molar refractivity (Wildman–Crippen MR) is 66.2 cm³/mol. The van der Waals surface area contributed by atoms with Gasteiger partial charge in [-0.3, -0.25) is 5.32 Å². The van der Waals surface area contributed by atoms with Crippen LogP contribution in [0.3, 0.4) is 0 Å². The Bertz CT molecular complexity index is 450. The van der Waals surface area contributed by atoms with Crippen molar-refractivity contribution in [1.29, 1.82) is 0 Å². The van der Waals surface area contributed by atoms with Gasteiger partial charge < -0.3 is 10.0 Å². The Kier molecular flexibility index (Phi) is 3.63. The molecule has 1 fully saturated rings. The van der Waals surface area contributed by atoms with Gasteiger partial charge in [-0.15, -0.1) is 0 Å². The van der Waals surface area contributed by atoms with Gasteiger partial charge in [-0.1, -0.05) is 11.3 Å². The van der Waals surface area contributed by atoms with E-state index in [4.69, 9.17) is 5.11 Å². The average molecular weight is 320 g/mol. The number of carboxylic acid groups (broad SMARTS) is 1. The van der Waals surface area contributed by atoms with E-state index in [1.807, 2.05) is 0 Å². The zero-order chi connectivity index (χ0) is 12.4. The van der Waals surface area contributed by atoms with Crippen LogP contribution in [0, 0.1) is 0 Å². The zero-order valence-electron chi connectivity index (χ0n) is 8.72. The molecule has 92 valence electrons. The standard InChI is InChI=1S/C9H10BrN3O3S/c10-6-4-11-8(17-6)12-9(16)13-3-1-2-5(13)7(14)15/h4-5H,1-3H2,(H,14,15)(H,11,12,16)/t5-/m0/s1. The molecule has 8 heteroatoms. The number of carbonyl (C=O) groups is 2. The number of rotatable bonds is 2. The molecule has 0 aromatic carbocycles. The van der Waals surface area contributed by atoms with Gasteiger partial charge in [-0.05, 0) is 28.8 Å². The fourth-order valence-corrected chi connectivity index (χ4v) is 2.84. The topological polar surface area (TPSA) is 82.5 Å². The number of nitrogens with one attached hydrogen (secondary N) is 1. The molecule has 1 aromatic heterocycles. The number of aliphatic carboxylic acids is 1. The maximum atomic E-state index is 11.8. The van der Waals surface area contributed by atoms with Crippen molar-refractivity contribution in [1.82, 2.24) is 9.88 Å². The molecular formula is C9H10BrN3O3S. The number of hydrogen-bond donors (Lipinski definition) is 2. The van der Waals surface area contributed by atoms with E-state index in [1.54, 1.807) is 6.20 Å². The molecule has 0 unspecified atom stereocenters. The summed E-state index contributed by atoms with van der Waals surface area (Å²) in [7, 11) is 0. The van der Waals surface area contributed by atoms with Crippen LogP contribution in [0.2, 0.25) is 0 Å². The summed E-state index contributed by atoms with van der Waals surface area (Å²) in [5.41, 5.74) is 0. The number of carbonyl (C=O) groups excluding carboxylic acids is 1. The Morgan fingerprint density at radius 3 is 3.00 bits per heavy atom. The fraction of sp³-hybridized carbons (Fsp3) is 0.444. The second kappa shape index (κ2) is 5.01. The maximum Gasteiger partial charge on any atom is 0.326 e. The van der Waals surface area contributed by atoms with Crippen molar-refractivity contribution in [3.63, 3.8) is 0 Å². The van der Waals surface area contributed by atoms with E-state index in [0.29, 0.717) is 24.5 Å². The molecule has 0 aliphatic carbocycles. The summed E-state index contributed by atoms with van der Waals surface area (Å²) in [5, 5.41) is 12.0. The van der Waals surface area contributed by atoms with E-state index in [-0.39, 0.29) is 0 Å². The molecule has 1 saturated heterocycles. The van der Waals surface area contributed by atoms with Gasteiger partial charge in [0.2, 0.25) is 0 Å². The smallest absolute Gasteiger partial charge is 0.326 e. The van der Waals surface area contributed by atoms with Gasteiger partial charge >= 0.3 is 12.0 Å². The summed E-state index contributed by atoms with van der Waals surface area (Å²) in [6, 6.07) is -1.13. The van der Waals surface area contributed by atoms with Crippen molar-refractivity contribution < 1.29 is 14.7 Å². The summed E-state index contributed by atoms with van der Waals surface area (Å²) in [5.74, 6) is -0.960. The van der Waals surface area contributed by atoms with Crippen molar-refractivity contribution in [2.75, 3.05) is 11.9 Å². The number of hydrogen-bond acceptors (Lipinski definition) is 4. The highest BCUT2D eigenvalue weighted by atomic mass is 79.9. The van der Waals surface area contributed by atoms with Crippen LogP contribution >= 0.6 is 27.3 Å². The molecule has 2 amide bonds. The van der Waals surface area contributed by atoms with Crippen LogP contribution in [0.1, 0.15) is 12.8 Å². The second-order valence-corrected chi connectivity index (χ2v) is 6.00. The third kappa shape index (κ3) is 2.75. The van der Waals surface area contributed by atoms with Gasteiger partial charge in [0.05, 0.1) is 9.98 Å². The van der Waals surface area contributed by atoms with Crippen LogP contribution in [-0.4, -0.2) is 39.6 Å². The number of likely N-dealkylation sites (tertiary alicyclic amines) is 1. The number of anilines is 1. The molecule has 2 rings (SSSR count). The first-order chi connectivity index (χ1) is 8.08. The minimum atomic E-state index is -0.960. The normalized spacial score (nSPS) is 19.4. The van der Waals surface area contributed by atoms with Gasteiger partial charge in [0, 0.05) is 6.54 Å². The van der Waals surface area contributed by atoms with Gasteiger partial charge in [0.25, 0.3) is 0 Å². The Morgan fingerprint density at radius 2 is 2.41 bits per heavy atom. The van der Waals surface area contributed by atoms with Gasteiger partial charge in [0.1, 0.15) is 6.04 Å². The summed E-state index contributed by atoms with van der Waals surface area (Å²) < 4.78 is 0.809. The van der Waals surface area contributed by atoms with Crippen molar-refractivity contribution in [2.45, 2.75) is 18.9 Å². The lowest BCUT2D eigenvalue weighted by atomic mass is 10.2. The highest BCUT2D eigenvalue weighted by Gasteiger charge is 2.34. The molecule has 0 saturated carbocycles. The predicted octanol–water partition coefficient (Wildman–Crippen LogP) is 1.99. The molecule has 1 aliphatic heterocycles. The quantitative estimate of drug-likeness (QED) is 0.873. The highest BCUT2D eigenvalue weighted by Crippen LogP contribution is 2.24. The Labute approximate surface area is 110 Å². The summed E-state index contributed by atoms with van der Waals surface area (Å²) >= 11 is 4.52. The third-order valence-corrected chi connectivity index (χ3v) is 3.88. The number of nitrogens with zero attached hydrogens (tertiary/aromatic N) is 2. The fourth-order valence-electron chi connectivity index (χ4n) is 1.74. The van der Waals surface area contributed by atoms with Crippen molar-refractivity contribution in [3.05, 3.63) is 9.98 Å². The maximum absolute atomic E-state index is 11.8. The molecule has 6 nitrogen and oxygen atoms in total. The minimum absolute atomic E-state index is 0.406. The molecule has 1 atom stereocenters. The van der Waals surface area contributed by atoms with Crippen LogP contribution in [-0.2, 0) is 4.79 Å². The zero-order valence-corrected chi connectivity index (χ0v) is 11.1. The SMILES string of the molecule is O=C(O)[C@@H]1CCCN1C(=O)Nc1ncc(Br)s1. The Morgan fingerprint density at radius 1 is 1.65 bits per heavy atom. The van der Waals surface area contributed by atoms with E-state index in [0.717, 1.165) is 3.79 Å². The molecule has 2 heterocycles. The van der Waals surface area contributed by atoms with Crippen LogP contribution in [0.5, 0.6) is 0 Å². The Hall–Kier alpha value is -1.15. The summed E-state index contributed by atoms with van der Waals surface area (Å²) in [4.78, 5) is 28.1. The third-order valence-electron chi connectivity index (χ3n) is 2.49. The second-order valence-electron chi connectivity index (χ2n) is 3.59. The van der Waals surface area contributed by atoms with E-state index in [9.17, 15) is 9.59 Å². The van der Waals surface area contributed by atoms with E-state index in [2.05, 4.69) is 26.2 Å². The highest BCUT2D eigenvalue weighted by molar-refractivity contribution is 9.11. The molecule has 0 spiro atoms. The number of urea groups is 1. The lowest BCUT2D eigenvalue weighted by Crippen LogP contribution is -2.42. The molecule has 1 aromatic rings. The molecule has 2 N–H and O–H groups in total. The van der Waals surface area contributed by atoms with E-state index < -0.39 is 18.0 Å². The van der Waals surface area contributed by atoms with Crippen LogP contribution < -0.4 is 5.32 Å². The molecule has 0 bridgehead atoms. The Balaban J connectivity index is 2.02. The van der Waals surface area contributed by atoms with Crippen LogP contribution in [0.15, 0.2) is 9.98 Å². The number of halogens is 1. The molecule has 0 radical (unpaired) electrons. The number of aromatic nitrogens is 1. The van der Waals surface area contributed by atoms with Gasteiger partial charge in [-0.25, -0.2) is 14.6 Å². The van der Waals surface area contributed by atoms with Crippen molar-refractivity contribution in [3.8, 4) is 0 Å². The minimum Gasteiger partial charge on any atom is -0.480 e. The average Bonchev–Trinajstić information content (AvgIpc) is 2.86. The number of carboxylic acids is 1. The monoisotopic (exact) mass is 319 g/mol. The summed E-state index contributed by atoms with van der Waals surface area (Å²) in [6.45, 7) is 0.468. The molecule has 1 aliphatic rings. The molecule has 17 heavy (non-hydrogen) atoms. The summed E-state index contributed by atoms with van der Waals surface area (Å²) in [6.07, 6.45) is 2.80. The number of thiazole rings is 1. The first kappa shape index (κ1) is 12.3. The first-order valence-electron chi connectivity index (χ1n) is 4.99.